The number of hydrogen-bond acceptors (Lipinski definition) is 5. The number of methoxy groups -OCH3 is 1. The lowest BCUT2D eigenvalue weighted by atomic mass is 10.4. The number of nitrogens with zero attached hydrogens (tertiary/aromatic N) is 2. The van der Waals surface area contributed by atoms with E-state index in [0.29, 0.717) is 18.0 Å². The maximum atomic E-state index is 11.4. The summed E-state index contributed by atoms with van der Waals surface area (Å²) in [7, 11) is 1.34. The van der Waals surface area contributed by atoms with Gasteiger partial charge in [0.1, 0.15) is 6.42 Å². The molecule has 0 saturated carbocycles. The topological polar surface area (TPSA) is 72.2 Å². The maximum absolute atomic E-state index is 11.4. The van der Waals surface area contributed by atoms with Crippen LogP contribution in [0.15, 0.2) is 6.20 Å². The van der Waals surface area contributed by atoms with Crippen LogP contribution in [0, 0.1) is 0 Å². The lowest BCUT2D eigenvalue weighted by Gasteiger charge is -1.93. The number of hydrogen-bond donors (Lipinski definition) is 1. The number of esters is 1. The molecule has 1 rings (SSSR count). The van der Waals surface area contributed by atoms with E-state index < -0.39 is 0 Å². The van der Waals surface area contributed by atoms with Crippen molar-refractivity contribution in [3.63, 3.8) is 0 Å². The summed E-state index contributed by atoms with van der Waals surface area (Å²) in [6.07, 6.45) is 1.87. The third-order valence-electron chi connectivity index (χ3n) is 1.84. The molecule has 1 N–H and O–H groups in total. The van der Waals surface area contributed by atoms with Gasteiger partial charge in [-0.1, -0.05) is 4.68 Å². The number of ether oxygens (including phenoxy) is 1. The molecule has 1 aromatic rings. The van der Waals surface area contributed by atoms with Gasteiger partial charge in [0.15, 0.2) is 11.4 Å². The van der Waals surface area contributed by atoms with Crippen molar-refractivity contribution in [3.8, 4) is 0 Å². The Labute approximate surface area is 97.4 Å². The number of carbonyl (C=O) groups is 2. The predicted molar refractivity (Wildman–Crippen MR) is 56.9 cm³/mol. The van der Waals surface area contributed by atoms with Crippen LogP contribution in [0.2, 0.25) is 0 Å². The summed E-state index contributed by atoms with van der Waals surface area (Å²) in [5, 5.41) is 2.68. The summed E-state index contributed by atoms with van der Waals surface area (Å²) >= 11 is 1.11. The fourth-order valence-corrected chi connectivity index (χ4v) is 1.69. The fourth-order valence-electron chi connectivity index (χ4n) is 1.04. The number of amides is 1. The first-order chi connectivity index (χ1) is 7.67. The van der Waals surface area contributed by atoms with E-state index in [1.165, 1.54) is 7.11 Å². The zero-order valence-electron chi connectivity index (χ0n) is 9.23. The van der Waals surface area contributed by atoms with Crippen molar-refractivity contribution in [1.82, 2.24) is 9.81 Å². The summed E-state index contributed by atoms with van der Waals surface area (Å²) in [6.45, 7) is 2.85. The van der Waals surface area contributed by atoms with Gasteiger partial charge in [0.2, 0.25) is 6.20 Å². The van der Waals surface area contributed by atoms with Crippen LogP contribution in [0.4, 0.5) is 0 Å². The van der Waals surface area contributed by atoms with Gasteiger partial charge in [-0.15, -0.1) is 0 Å². The van der Waals surface area contributed by atoms with Crippen LogP contribution in [0.25, 0.3) is 0 Å². The highest BCUT2D eigenvalue weighted by molar-refractivity contribution is 7.07. The molecule has 0 aliphatic rings. The normalized spacial score (nSPS) is 9.88. The van der Waals surface area contributed by atoms with Gasteiger partial charge in [-0.2, -0.15) is 0 Å². The highest BCUT2D eigenvalue weighted by atomic mass is 32.1. The molecule has 0 radical (unpaired) electrons. The second-order valence-electron chi connectivity index (χ2n) is 3.01. The molecule has 1 amide bonds. The zero-order chi connectivity index (χ0) is 12.0. The van der Waals surface area contributed by atoms with Crippen molar-refractivity contribution < 1.29 is 19.0 Å². The van der Waals surface area contributed by atoms with Crippen molar-refractivity contribution in [1.29, 1.82) is 0 Å². The van der Waals surface area contributed by atoms with E-state index >= 15 is 0 Å². The Morgan fingerprint density at radius 2 is 2.38 bits per heavy atom. The molecule has 16 heavy (non-hydrogen) atoms. The molecule has 1 aromatic heterocycles. The molecule has 0 aliphatic heterocycles. The summed E-state index contributed by atoms with van der Waals surface area (Å²) in [4.78, 5) is 22.8. The van der Waals surface area contributed by atoms with Gasteiger partial charge in [0.25, 0.3) is 5.91 Å². The minimum absolute atomic E-state index is 0.142. The average molecular weight is 244 g/mol. The molecule has 88 valence electrons. The molecule has 1 heterocycles. The van der Waals surface area contributed by atoms with E-state index in [0.717, 1.165) is 11.5 Å². The van der Waals surface area contributed by atoms with Gasteiger partial charge < -0.3 is 10.1 Å². The van der Waals surface area contributed by atoms with Gasteiger partial charge >= 0.3 is 5.97 Å². The average Bonchev–Trinajstić information content (AvgIpc) is 2.75. The maximum Gasteiger partial charge on any atom is 0.312 e. The molecule has 0 saturated heterocycles. The van der Waals surface area contributed by atoms with Crippen molar-refractivity contribution >= 4 is 23.4 Å². The highest BCUT2D eigenvalue weighted by Crippen LogP contribution is 2.00. The molecule has 0 spiro atoms. The first-order valence-corrected chi connectivity index (χ1v) is 5.66. The van der Waals surface area contributed by atoms with Crippen molar-refractivity contribution in [2.75, 3.05) is 13.7 Å². The molecule has 6 nitrogen and oxygen atoms in total. The van der Waals surface area contributed by atoms with E-state index in [9.17, 15) is 9.59 Å². The molecule has 0 aliphatic carbocycles. The molecule has 0 aromatic carbocycles. The predicted octanol–water partition coefficient (Wildman–Crippen LogP) is -0.257. The molecule has 7 heteroatoms. The number of rotatable bonds is 5. The second-order valence-corrected chi connectivity index (χ2v) is 3.80. The largest absolute Gasteiger partial charge is 0.469 e. The second kappa shape index (κ2) is 6.16. The van der Waals surface area contributed by atoms with Gasteiger partial charge in [-0.05, 0) is 6.92 Å². The number of aryl methyl sites for hydroxylation is 1. The third kappa shape index (κ3) is 3.58. The van der Waals surface area contributed by atoms with Gasteiger partial charge in [-0.3, -0.25) is 9.59 Å². The van der Waals surface area contributed by atoms with Crippen molar-refractivity contribution in [2.45, 2.75) is 19.9 Å². The third-order valence-corrected chi connectivity index (χ3v) is 2.62. The Bertz CT molecular complexity index is 378. The molecule has 0 atom stereocenters. The molecule has 0 unspecified atom stereocenters. The number of nitrogens with one attached hydrogen (secondary N) is 1. The van der Waals surface area contributed by atoms with Gasteiger partial charge in [-0.25, -0.2) is 0 Å². The quantitative estimate of drug-likeness (QED) is 0.572. The lowest BCUT2D eigenvalue weighted by Crippen LogP contribution is -2.36. The van der Waals surface area contributed by atoms with Crippen LogP contribution in [-0.2, 0) is 16.1 Å². The lowest BCUT2D eigenvalue weighted by molar-refractivity contribution is -0.745. The fraction of sp³-hybridized carbons (Fsp3) is 0.556. The minimum atomic E-state index is -0.292. The molecule has 0 bridgehead atoms. The Morgan fingerprint density at radius 1 is 1.62 bits per heavy atom. The Kier molecular flexibility index (Phi) is 4.84. The molecular formula is C9H14N3O3S+. The van der Waals surface area contributed by atoms with Crippen LogP contribution in [-0.4, -0.2) is 30.0 Å². The number of carbonyl (C=O) groups excluding carboxylic acids is 2. The SMILES string of the molecule is CCNC(=O)c1c[n+](CCC(=O)OC)ns1. The van der Waals surface area contributed by atoms with Crippen LogP contribution in [0.1, 0.15) is 23.0 Å². The molecule has 0 fully saturated rings. The smallest absolute Gasteiger partial charge is 0.312 e. The zero-order valence-corrected chi connectivity index (χ0v) is 10.0. The van der Waals surface area contributed by atoms with E-state index in [2.05, 4.69) is 14.5 Å². The Balaban J connectivity index is 2.51. The Morgan fingerprint density at radius 3 is 3.00 bits per heavy atom. The van der Waals surface area contributed by atoms with Gasteiger partial charge in [0, 0.05) is 18.1 Å². The summed E-state index contributed by atoms with van der Waals surface area (Å²) in [5.74, 6) is -0.433. The van der Waals surface area contributed by atoms with Crippen molar-refractivity contribution in [3.05, 3.63) is 11.1 Å². The standard InChI is InChI=1S/C9H13N3O3S/c1-3-10-9(14)7-6-12(11-16-7)5-4-8(13)15-2/h6H,3-5H2,1-2H3/p+1. The summed E-state index contributed by atoms with van der Waals surface area (Å²) in [6, 6.07) is 0. The summed E-state index contributed by atoms with van der Waals surface area (Å²) in [5.41, 5.74) is 0. The van der Waals surface area contributed by atoms with E-state index in [1.54, 1.807) is 10.9 Å². The van der Waals surface area contributed by atoms with Crippen LogP contribution < -0.4 is 10.00 Å². The number of aromatic nitrogens is 2. The highest BCUT2D eigenvalue weighted by Gasteiger charge is 2.16. The first-order valence-electron chi connectivity index (χ1n) is 4.88. The van der Waals surface area contributed by atoms with E-state index in [-0.39, 0.29) is 18.3 Å². The minimum Gasteiger partial charge on any atom is -0.469 e. The Hall–Kier alpha value is -1.50. The van der Waals surface area contributed by atoms with E-state index in [1.807, 2.05) is 6.92 Å². The van der Waals surface area contributed by atoms with Gasteiger partial charge in [0.05, 0.1) is 11.6 Å². The van der Waals surface area contributed by atoms with Crippen LogP contribution in [0.5, 0.6) is 0 Å². The van der Waals surface area contributed by atoms with E-state index in [4.69, 9.17) is 0 Å². The monoisotopic (exact) mass is 244 g/mol. The van der Waals surface area contributed by atoms with Crippen molar-refractivity contribution in [2.24, 2.45) is 0 Å². The van der Waals surface area contributed by atoms with Crippen LogP contribution in [0.3, 0.4) is 0 Å². The molecular weight excluding hydrogens is 230 g/mol. The summed E-state index contributed by atoms with van der Waals surface area (Å²) < 4.78 is 10.1. The van der Waals surface area contributed by atoms with Crippen LogP contribution >= 0.6 is 11.5 Å². The first kappa shape index (κ1) is 12.6.